The minimum Gasteiger partial charge on any atom is -0.338 e. The number of rotatable bonds is 4. The third-order valence-electron chi connectivity index (χ3n) is 4.89. The van der Waals surface area contributed by atoms with Gasteiger partial charge in [-0.3, -0.25) is 4.90 Å². The maximum Gasteiger partial charge on any atom is 0.241 e. The summed E-state index contributed by atoms with van der Waals surface area (Å²) in [4.78, 5) is 6.71. The molecule has 1 fully saturated rings. The number of hydrogen-bond acceptors (Lipinski definition) is 4. The molecule has 1 aromatic heterocycles. The lowest BCUT2D eigenvalue weighted by Crippen LogP contribution is -2.34. The summed E-state index contributed by atoms with van der Waals surface area (Å²) in [5, 5.41) is 3.99. The Morgan fingerprint density at radius 2 is 2.00 bits per heavy atom. The second-order valence-corrected chi connectivity index (χ2v) is 6.80. The van der Waals surface area contributed by atoms with Crippen molar-refractivity contribution < 1.29 is 8.91 Å². The number of aromatic nitrogens is 2. The van der Waals surface area contributed by atoms with Crippen LogP contribution in [0.1, 0.15) is 44.1 Å². The largest absolute Gasteiger partial charge is 0.338 e. The molecule has 5 heteroatoms. The van der Waals surface area contributed by atoms with Gasteiger partial charge >= 0.3 is 0 Å². The Balaban J connectivity index is 1.66. The van der Waals surface area contributed by atoms with E-state index in [2.05, 4.69) is 29.0 Å². The minimum absolute atomic E-state index is 0.248. The fourth-order valence-corrected chi connectivity index (χ4v) is 3.19. The summed E-state index contributed by atoms with van der Waals surface area (Å²) in [5.74, 6) is 1.63. The molecule has 0 N–H and O–H groups in total. The molecule has 124 valence electrons. The predicted molar refractivity (Wildman–Crippen MR) is 87.3 cm³/mol. The van der Waals surface area contributed by atoms with Gasteiger partial charge in [-0.15, -0.1) is 0 Å². The highest BCUT2D eigenvalue weighted by Crippen LogP contribution is 2.27. The second kappa shape index (κ2) is 6.79. The Bertz CT molecular complexity index is 662. The van der Waals surface area contributed by atoms with Gasteiger partial charge in [0.05, 0.1) is 6.54 Å². The maximum absolute atomic E-state index is 13.7. The molecule has 0 spiro atoms. The van der Waals surface area contributed by atoms with Crippen molar-refractivity contribution in [2.75, 3.05) is 7.05 Å². The van der Waals surface area contributed by atoms with Crippen LogP contribution < -0.4 is 0 Å². The van der Waals surface area contributed by atoms with E-state index in [0.29, 0.717) is 35.4 Å². The summed E-state index contributed by atoms with van der Waals surface area (Å²) in [7, 11) is 2.11. The van der Waals surface area contributed by atoms with E-state index in [1.807, 2.05) is 6.07 Å². The van der Waals surface area contributed by atoms with E-state index in [1.165, 1.54) is 31.7 Å². The van der Waals surface area contributed by atoms with Crippen LogP contribution in [0.15, 0.2) is 22.7 Å². The highest BCUT2D eigenvalue weighted by Gasteiger charge is 2.23. The summed E-state index contributed by atoms with van der Waals surface area (Å²) in [6, 6.07) is 5.59. The van der Waals surface area contributed by atoms with E-state index in [-0.39, 0.29) is 5.82 Å². The van der Waals surface area contributed by atoms with Crippen LogP contribution in [-0.4, -0.2) is 28.1 Å². The zero-order chi connectivity index (χ0) is 16.4. The Morgan fingerprint density at radius 3 is 2.70 bits per heavy atom. The van der Waals surface area contributed by atoms with Crippen molar-refractivity contribution in [1.82, 2.24) is 15.0 Å². The smallest absolute Gasteiger partial charge is 0.241 e. The van der Waals surface area contributed by atoms with E-state index < -0.39 is 0 Å². The summed E-state index contributed by atoms with van der Waals surface area (Å²) >= 11 is 0. The normalized spacial score (nSPS) is 21.8. The fourth-order valence-electron chi connectivity index (χ4n) is 3.19. The Morgan fingerprint density at radius 1 is 1.26 bits per heavy atom. The molecule has 0 amide bonds. The third kappa shape index (κ3) is 3.78. The van der Waals surface area contributed by atoms with Crippen molar-refractivity contribution in [3.63, 3.8) is 0 Å². The van der Waals surface area contributed by atoms with Crippen molar-refractivity contribution in [1.29, 1.82) is 0 Å². The Kier molecular flexibility index (Phi) is 4.76. The Hall–Kier alpha value is -1.75. The predicted octanol–water partition coefficient (Wildman–Crippen LogP) is 4.19. The van der Waals surface area contributed by atoms with Crippen molar-refractivity contribution in [2.24, 2.45) is 5.92 Å². The number of benzene rings is 1. The topological polar surface area (TPSA) is 42.2 Å². The number of hydrogen-bond donors (Lipinski definition) is 0. The van der Waals surface area contributed by atoms with Crippen molar-refractivity contribution >= 4 is 0 Å². The molecule has 0 aliphatic heterocycles. The van der Waals surface area contributed by atoms with Gasteiger partial charge in [0.2, 0.25) is 11.7 Å². The SMILES string of the molecule is Cc1ccc(-c2noc(CN(C)C3CCC(C)CC3)n2)cc1F. The van der Waals surface area contributed by atoms with Crippen LogP contribution in [0.4, 0.5) is 4.39 Å². The zero-order valence-electron chi connectivity index (χ0n) is 14.1. The number of halogens is 1. The van der Waals surface area contributed by atoms with Crippen molar-refractivity contribution in [3.8, 4) is 11.4 Å². The van der Waals surface area contributed by atoms with Gasteiger partial charge in [0, 0.05) is 11.6 Å². The van der Waals surface area contributed by atoms with Gasteiger partial charge in [0.15, 0.2) is 0 Å². The van der Waals surface area contributed by atoms with Gasteiger partial charge in [0.25, 0.3) is 0 Å². The second-order valence-electron chi connectivity index (χ2n) is 6.80. The molecule has 0 atom stereocenters. The molecule has 0 unspecified atom stereocenters. The molecule has 1 aliphatic rings. The van der Waals surface area contributed by atoms with Crippen LogP contribution in [0.25, 0.3) is 11.4 Å². The number of aryl methyl sites for hydroxylation is 1. The molecular formula is C18H24FN3O. The average Bonchev–Trinajstić information content (AvgIpc) is 2.99. The zero-order valence-corrected chi connectivity index (χ0v) is 14.1. The van der Waals surface area contributed by atoms with Crippen LogP contribution in [0.5, 0.6) is 0 Å². The van der Waals surface area contributed by atoms with Gasteiger partial charge in [-0.1, -0.05) is 24.2 Å². The van der Waals surface area contributed by atoms with E-state index in [4.69, 9.17) is 4.52 Å². The number of nitrogens with zero attached hydrogens (tertiary/aromatic N) is 3. The van der Waals surface area contributed by atoms with Gasteiger partial charge < -0.3 is 4.52 Å². The first-order valence-corrected chi connectivity index (χ1v) is 8.32. The highest BCUT2D eigenvalue weighted by molar-refractivity contribution is 5.54. The van der Waals surface area contributed by atoms with Gasteiger partial charge in [-0.05, 0) is 57.2 Å². The molecule has 2 aromatic rings. The average molecular weight is 317 g/mol. The first-order valence-electron chi connectivity index (χ1n) is 8.32. The van der Waals surface area contributed by atoms with Crippen LogP contribution >= 0.6 is 0 Å². The highest BCUT2D eigenvalue weighted by atomic mass is 19.1. The first-order chi connectivity index (χ1) is 11.0. The van der Waals surface area contributed by atoms with E-state index in [0.717, 1.165) is 5.92 Å². The fraction of sp³-hybridized carbons (Fsp3) is 0.556. The van der Waals surface area contributed by atoms with Crippen molar-refractivity contribution in [3.05, 3.63) is 35.5 Å². The monoisotopic (exact) mass is 317 g/mol. The summed E-state index contributed by atoms with van der Waals surface area (Å²) in [5.41, 5.74) is 1.26. The van der Waals surface area contributed by atoms with Gasteiger partial charge in [0.1, 0.15) is 5.82 Å². The van der Waals surface area contributed by atoms with Crippen LogP contribution in [-0.2, 0) is 6.54 Å². The van der Waals surface area contributed by atoms with Crippen LogP contribution in [0, 0.1) is 18.7 Å². The van der Waals surface area contributed by atoms with Crippen LogP contribution in [0.2, 0.25) is 0 Å². The summed E-state index contributed by atoms with van der Waals surface area (Å²) < 4.78 is 19.0. The standard InChI is InChI=1S/C18H24FN3O/c1-12-4-8-15(9-5-12)22(3)11-17-20-18(21-23-17)14-7-6-13(2)16(19)10-14/h6-7,10,12,15H,4-5,8-9,11H2,1-3H3. The van der Waals surface area contributed by atoms with Gasteiger partial charge in [-0.25, -0.2) is 4.39 Å². The molecule has 0 bridgehead atoms. The third-order valence-corrected chi connectivity index (χ3v) is 4.89. The lowest BCUT2D eigenvalue weighted by molar-refractivity contribution is 0.148. The van der Waals surface area contributed by atoms with E-state index in [9.17, 15) is 4.39 Å². The first kappa shape index (κ1) is 16.1. The van der Waals surface area contributed by atoms with Crippen LogP contribution in [0.3, 0.4) is 0 Å². The lowest BCUT2D eigenvalue weighted by atomic mass is 9.87. The van der Waals surface area contributed by atoms with E-state index >= 15 is 0 Å². The molecule has 1 aliphatic carbocycles. The molecular weight excluding hydrogens is 293 g/mol. The molecule has 3 rings (SSSR count). The molecule has 1 aromatic carbocycles. The van der Waals surface area contributed by atoms with E-state index in [1.54, 1.807) is 13.0 Å². The summed E-state index contributed by atoms with van der Waals surface area (Å²) in [6.45, 7) is 4.70. The molecule has 1 saturated carbocycles. The molecule has 23 heavy (non-hydrogen) atoms. The lowest BCUT2D eigenvalue weighted by Gasteiger charge is -2.32. The quantitative estimate of drug-likeness (QED) is 0.848. The maximum atomic E-state index is 13.7. The molecule has 4 nitrogen and oxygen atoms in total. The van der Waals surface area contributed by atoms with Gasteiger partial charge in [-0.2, -0.15) is 4.98 Å². The van der Waals surface area contributed by atoms with Crippen molar-refractivity contribution in [2.45, 2.75) is 52.1 Å². The Labute approximate surface area is 136 Å². The molecule has 1 heterocycles. The minimum atomic E-state index is -0.248. The summed E-state index contributed by atoms with van der Waals surface area (Å²) in [6.07, 6.45) is 5.02. The molecule has 0 radical (unpaired) electrons. The molecule has 0 saturated heterocycles.